The van der Waals surface area contributed by atoms with Crippen molar-refractivity contribution in [3.8, 4) is 0 Å². The van der Waals surface area contributed by atoms with E-state index in [-0.39, 0.29) is 17.7 Å². The number of imide groups is 1. The maximum atomic E-state index is 15.4. The number of para-hydroxylation sites is 3. The minimum absolute atomic E-state index is 0.198. The Kier molecular flexibility index (Phi) is 5.98. The summed E-state index contributed by atoms with van der Waals surface area (Å²) in [6.07, 6.45) is 0. The fourth-order valence-corrected chi connectivity index (χ4v) is 7.69. The minimum atomic E-state index is -1.45. The zero-order chi connectivity index (χ0) is 29.8. The van der Waals surface area contributed by atoms with Crippen LogP contribution in [-0.2, 0) is 26.5 Å². The highest BCUT2D eigenvalue weighted by molar-refractivity contribution is 6.27. The molecule has 0 unspecified atom stereocenters. The summed E-state index contributed by atoms with van der Waals surface area (Å²) in [7, 11) is 0. The molecule has 6 heteroatoms. The molecule has 0 bridgehead atoms. The Morgan fingerprint density at radius 2 is 1.11 bits per heavy atom. The van der Waals surface area contributed by atoms with Crippen molar-refractivity contribution in [1.29, 1.82) is 0 Å². The topological polar surface area (TPSA) is 60.9 Å². The molecule has 2 saturated heterocycles. The molecule has 4 atom stereocenters. The number of nitrogens with zero attached hydrogens (tertiary/aromatic N) is 3. The number of hydrogen-bond donors (Lipinski definition) is 0. The summed E-state index contributed by atoms with van der Waals surface area (Å²) in [4.78, 5) is 50.1. The number of anilines is 3. The number of rotatable bonds is 5. The molecule has 44 heavy (non-hydrogen) atoms. The number of amides is 3. The Balaban J connectivity index is 1.42. The predicted molar refractivity (Wildman–Crippen MR) is 170 cm³/mol. The zero-order valence-electron chi connectivity index (χ0n) is 23.9. The van der Waals surface area contributed by atoms with E-state index < -0.39 is 23.4 Å². The van der Waals surface area contributed by atoms with Crippen molar-refractivity contribution in [2.75, 3.05) is 14.7 Å². The van der Waals surface area contributed by atoms with E-state index in [9.17, 15) is 9.59 Å². The third kappa shape index (κ3) is 3.57. The Labute approximate surface area is 255 Å². The van der Waals surface area contributed by atoms with Crippen LogP contribution in [0.3, 0.4) is 0 Å². The lowest BCUT2D eigenvalue weighted by Crippen LogP contribution is -2.56. The molecule has 0 N–H and O–H groups in total. The van der Waals surface area contributed by atoms with Crippen LogP contribution in [0.1, 0.15) is 22.7 Å². The maximum Gasteiger partial charge on any atom is 0.258 e. The quantitative estimate of drug-likeness (QED) is 0.225. The molecule has 0 aliphatic carbocycles. The summed E-state index contributed by atoms with van der Waals surface area (Å²) in [5.41, 5.74) is 3.22. The molecule has 3 aliphatic heterocycles. The van der Waals surface area contributed by atoms with E-state index >= 15 is 4.79 Å². The highest BCUT2D eigenvalue weighted by Gasteiger charge is 2.75. The van der Waals surface area contributed by atoms with Crippen LogP contribution in [0.2, 0.25) is 0 Å². The van der Waals surface area contributed by atoms with Gasteiger partial charge < -0.3 is 9.80 Å². The lowest BCUT2D eigenvalue weighted by Gasteiger charge is -2.42. The SMILES string of the molecule is O=C1[C@H]2[C@H](c3ccccc3)N(c3ccccc3)[C@@]3(C(=O)N(Cc4ccccc4)c4ccccc43)[C@H]2C(=O)N1c1ccccc1. The molecule has 0 aromatic heterocycles. The molecule has 3 heterocycles. The molecule has 3 aliphatic rings. The van der Waals surface area contributed by atoms with E-state index in [1.54, 1.807) is 17.0 Å². The van der Waals surface area contributed by atoms with E-state index in [0.29, 0.717) is 12.2 Å². The molecule has 5 aromatic rings. The third-order valence-corrected chi connectivity index (χ3v) is 9.35. The summed E-state index contributed by atoms with van der Waals surface area (Å²) in [5.74, 6) is -2.58. The van der Waals surface area contributed by atoms with E-state index in [1.165, 1.54) is 4.90 Å². The van der Waals surface area contributed by atoms with Gasteiger partial charge in [0.15, 0.2) is 5.54 Å². The Morgan fingerprint density at radius 1 is 0.568 bits per heavy atom. The van der Waals surface area contributed by atoms with Gasteiger partial charge in [-0.15, -0.1) is 0 Å². The van der Waals surface area contributed by atoms with E-state index in [4.69, 9.17) is 0 Å². The standard InChI is InChI=1S/C38H29N3O3/c42-35-32-33(36(43)40(35)28-19-9-3-10-20-28)38(41(29-21-11-4-12-22-29)34(32)27-17-7-2-8-18-27)30-23-13-14-24-31(30)39(37(38)44)25-26-15-5-1-6-16-26/h1-24,32-34H,25H2/t32-,33-,34+,38-/m1/s1. The van der Waals surface area contributed by atoms with Gasteiger partial charge >= 0.3 is 0 Å². The van der Waals surface area contributed by atoms with Crippen LogP contribution in [0.4, 0.5) is 17.1 Å². The predicted octanol–water partition coefficient (Wildman–Crippen LogP) is 6.50. The second-order valence-electron chi connectivity index (χ2n) is 11.6. The molecule has 214 valence electrons. The summed E-state index contributed by atoms with van der Waals surface area (Å²) in [5, 5.41) is 0. The Morgan fingerprint density at radius 3 is 1.77 bits per heavy atom. The van der Waals surface area contributed by atoms with Gasteiger partial charge in [0.05, 0.1) is 35.8 Å². The van der Waals surface area contributed by atoms with Crippen LogP contribution in [-0.4, -0.2) is 17.7 Å². The van der Waals surface area contributed by atoms with E-state index in [2.05, 4.69) is 4.90 Å². The van der Waals surface area contributed by atoms with Crippen molar-refractivity contribution in [2.45, 2.75) is 18.1 Å². The van der Waals surface area contributed by atoms with Gasteiger partial charge in [0, 0.05) is 11.3 Å². The van der Waals surface area contributed by atoms with Gasteiger partial charge in [0.1, 0.15) is 0 Å². The van der Waals surface area contributed by atoms with Crippen molar-refractivity contribution >= 4 is 34.8 Å². The molecule has 1 spiro atoms. The van der Waals surface area contributed by atoms with Crippen LogP contribution in [0, 0.1) is 11.8 Å². The normalized spacial score (nSPS) is 23.9. The van der Waals surface area contributed by atoms with Crippen LogP contribution in [0.25, 0.3) is 0 Å². The molecule has 6 nitrogen and oxygen atoms in total. The maximum absolute atomic E-state index is 15.4. The van der Waals surface area contributed by atoms with Gasteiger partial charge in [0.25, 0.3) is 5.91 Å². The Hall–Kier alpha value is -5.49. The number of hydrogen-bond acceptors (Lipinski definition) is 4. The summed E-state index contributed by atoms with van der Waals surface area (Å²) < 4.78 is 0. The van der Waals surface area contributed by atoms with E-state index in [0.717, 1.165) is 28.1 Å². The summed E-state index contributed by atoms with van der Waals surface area (Å²) in [6, 6.07) is 45.7. The molecule has 5 aromatic carbocycles. The number of benzene rings is 5. The van der Waals surface area contributed by atoms with Crippen molar-refractivity contribution in [3.05, 3.63) is 162 Å². The lowest BCUT2D eigenvalue weighted by atomic mass is 9.75. The molecular weight excluding hydrogens is 546 g/mol. The van der Waals surface area contributed by atoms with Crippen molar-refractivity contribution in [3.63, 3.8) is 0 Å². The van der Waals surface area contributed by atoms with E-state index in [1.807, 2.05) is 133 Å². The first-order valence-electron chi connectivity index (χ1n) is 14.9. The summed E-state index contributed by atoms with van der Waals surface area (Å²) in [6.45, 7) is 0.346. The number of carbonyl (C=O) groups is 3. The molecule has 2 fully saturated rings. The molecule has 0 saturated carbocycles. The van der Waals surface area contributed by atoms with Gasteiger partial charge in [-0.25, -0.2) is 4.90 Å². The molecule has 8 rings (SSSR count). The molecular formula is C38H29N3O3. The zero-order valence-corrected chi connectivity index (χ0v) is 23.9. The first kappa shape index (κ1) is 26.2. The van der Waals surface area contributed by atoms with Crippen molar-refractivity contribution < 1.29 is 14.4 Å². The van der Waals surface area contributed by atoms with Gasteiger partial charge in [-0.1, -0.05) is 115 Å². The summed E-state index contributed by atoms with van der Waals surface area (Å²) >= 11 is 0. The van der Waals surface area contributed by atoms with Crippen molar-refractivity contribution in [1.82, 2.24) is 0 Å². The third-order valence-electron chi connectivity index (χ3n) is 9.35. The van der Waals surface area contributed by atoms with Gasteiger partial charge in [-0.2, -0.15) is 0 Å². The number of carbonyl (C=O) groups excluding carboxylic acids is 3. The number of fused-ring (bicyclic) bond motifs is 4. The van der Waals surface area contributed by atoms with Gasteiger partial charge in [-0.05, 0) is 41.5 Å². The van der Waals surface area contributed by atoms with Crippen LogP contribution >= 0.6 is 0 Å². The van der Waals surface area contributed by atoms with Gasteiger partial charge in [0.2, 0.25) is 11.8 Å². The first-order chi connectivity index (χ1) is 21.6. The highest BCUT2D eigenvalue weighted by atomic mass is 16.2. The van der Waals surface area contributed by atoms with Crippen LogP contribution in [0.15, 0.2) is 146 Å². The first-order valence-corrected chi connectivity index (χ1v) is 14.9. The second kappa shape index (κ2) is 10.1. The monoisotopic (exact) mass is 575 g/mol. The van der Waals surface area contributed by atoms with Gasteiger partial charge in [-0.3, -0.25) is 14.4 Å². The largest absolute Gasteiger partial charge is 0.345 e. The fourth-order valence-electron chi connectivity index (χ4n) is 7.69. The van der Waals surface area contributed by atoms with Crippen molar-refractivity contribution in [2.24, 2.45) is 11.8 Å². The van der Waals surface area contributed by atoms with Crippen LogP contribution < -0.4 is 14.7 Å². The Bertz CT molecular complexity index is 1880. The highest BCUT2D eigenvalue weighted by Crippen LogP contribution is 2.64. The molecule has 3 amide bonds. The molecule has 0 radical (unpaired) electrons. The minimum Gasteiger partial charge on any atom is -0.345 e. The second-order valence-corrected chi connectivity index (χ2v) is 11.6. The lowest BCUT2D eigenvalue weighted by molar-refractivity contribution is -0.131. The fraction of sp³-hybridized carbons (Fsp3) is 0.132. The van der Waals surface area contributed by atoms with Crippen LogP contribution in [0.5, 0.6) is 0 Å². The average molecular weight is 576 g/mol. The average Bonchev–Trinajstić information content (AvgIpc) is 3.63. The smallest absolute Gasteiger partial charge is 0.258 e.